The van der Waals surface area contributed by atoms with Crippen LogP contribution < -0.4 is 10.1 Å². The molecule has 2 atom stereocenters. The number of anilines is 1. The first-order valence-electron chi connectivity index (χ1n) is 11.3. The van der Waals surface area contributed by atoms with Crippen LogP contribution in [0.2, 0.25) is 0 Å². The van der Waals surface area contributed by atoms with Crippen LogP contribution in [-0.2, 0) is 9.59 Å². The van der Waals surface area contributed by atoms with E-state index in [2.05, 4.69) is 17.2 Å². The Morgan fingerprint density at radius 2 is 1.94 bits per heavy atom. The van der Waals surface area contributed by atoms with Crippen LogP contribution >= 0.6 is 11.3 Å². The Bertz CT molecular complexity index is 1070. The lowest BCUT2D eigenvalue weighted by Gasteiger charge is -2.41. The second kappa shape index (κ2) is 10.6. The highest BCUT2D eigenvalue weighted by atomic mass is 32.1. The minimum atomic E-state index is -0.327. The zero-order valence-electron chi connectivity index (χ0n) is 19.0. The zero-order chi connectivity index (χ0) is 23.2. The molecule has 2 aromatic carbocycles. The van der Waals surface area contributed by atoms with Crippen molar-refractivity contribution < 1.29 is 14.3 Å². The second-order valence-electron chi connectivity index (χ2n) is 8.21. The minimum Gasteiger partial charge on any atom is -0.497 e. The molecule has 1 saturated heterocycles. The molecule has 6 nitrogen and oxygen atoms in total. The van der Waals surface area contributed by atoms with E-state index in [9.17, 15) is 9.59 Å². The van der Waals surface area contributed by atoms with Crippen molar-refractivity contribution in [3.63, 3.8) is 0 Å². The number of carbonyl (C=O) groups excluding carboxylic acids is 2. The quantitative estimate of drug-likeness (QED) is 0.476. The molecule has 1 fully saturated rings. The number of hydrogen-bond acceptors (Lipinski definition) is 5. The number of unbranched alkanes of at least 4 members (excludes halogenated alkanes) is 1. The van der Waals surface area contributed by atoms with Gasteiger partial charge in [-0.1, -0.05) is 25.5 Å². The minimum absolute atomic E-state index is 0.0631. The summed E-state index contributed by atoms with van der Waals surface area (Å²) in [5, 5.41) is 5.97. The summed E-state index contributed by atoms with van der Waals surface area (Å²) in [6, 6.07) is 15.1. The Labute approximate surface area is 198 Å². The van der Waals surface area contributed by atoms with Crippen molar-refractivity contribution in [3.8, 4) is 16.3 Å². The third-order valence-electron chi connectivity index (χ3n) is 6.08. The highest BCUT2D eigenvalue weighted by Crippen LogP contribution is 2.38. The van der Waals surface area contributed by atoms with E-state index >= 15 is 0 Å². The molecule has 1 aromatic heterocycles. The summed E-state index contributed by atoms with van der Waals surface area (Å²) in [7, 11) is 1.63. The first kappa shape index (κ1) is 23.0. The summed E-state index contributed by atoms with van der Waals surface area (Å²) in [5.41, 5.74) is 2.72. The molecule has 0 radical (unpaired) electrons. The van der Waals surface area contributed by atoms with Gasteiger partial charge in [-0.3, -0.25) is 9.59 Å². The normalized spacial score (nSPS) is 18.2. The molecule has 0 spiro atoms. The van der Waals surface area contributed by atoms with Crippen molar-refractivity contribution in [1.29, 1.82) is 0 Å². The van der Waals surface area contributed by atoms with Gasteiger partial charge in [0.15, 0.2) is 0 Å². The number of amides is 2. The van der Waals surface area contributed by atoms with E-state index in [0.29, 0.717) is 19.4 Å². The average molecular weight is 464 g/mol. The standard InChI is InChI=1S/C26H29N3O3S/c1-3-4-16-29-23(30)14-13-22(24(29)18-7-11-21(32-2)12-8-18)25(31)28-20-9-5-19(6-10-20)26-27-15-17-33-26/h5-12,15,17,22,24H,3-4,13-14,16H2,1-2H3,(H,28,31). The van der Waals surface area contributed by atoms with E-state index in [-0.39, 0.29) is 23.8 Å². The van der Waals surface area contributed by atoms with Gasteiger partial charge in [0.2, 0.25) is 11.8 Å². The van der Waals surface area contributed by atoms with Crippen LogP contribution in [0.3, 0.4) is 0 Å². The summed E-state index contributed by atoms with van der Waals surface area (Å²) in [4.78, 5) is 32.5. The molecular formula is C26H29N3O3S. The van der Waals surface area contributed by atoms with Crippen molar-refractivity contribution in [1.82, 2.24) is 9.88 Å². The number of aromatic nitrogens is 1. The molecule has 2 unspecified atom stereocenters. The Morgan fingerprint density at radius 1 is 1.18 bits per heavy atom. The van der Waals surface area contributed by atoms with Gasteiger partial charge < -0.3 is 15.0 Å². The molecule has 2 amide bonds. The fourth-order valence-corrected chi connectivity index (χ4v) is 4.97. The van der Waals surface area contributed by atoms with Crippen LogP contribution in [0.5, 0.6) is 5.75 Å². The molecule has 3 aromatic rings. The fourth-order valence-electron chi connectivity index (χ4n) is 4.33. The van der Waals surface area contributed by atoms with Gasteiger partial charge in [0.1, 0.15) is 10.8 Å². The summed E-state index contributed by atoms with van der Waals surface area (Å²) in [6.07, 6.45) is 4.59. The third kappa shape index (κ3) is 5.25. The van der Waals surface area contributed by atoms with Gasteiger partial charge in [0, 0.05) is 35.8 Å². The van der Waals surface area contributed by atoms with Crippen molar-refractivity contribution >= 4 is 28.8 Å². The second-order valence-corrected chi connectivity index (χ2v) is 9.10. The maximum Gasteiger partial charge on any atom is 0.229 e. The predicted molar refractivity (Wildman–Crippen MR) is 131 cm³/mol. The summed E-state index contributed by atoms with van der Waals surface area (Å²) >= 11 is 1.58. The lowest BCUT2D eigenvalue weighted by atomic mass is 9.83. The highest BCUT2D eigenvalue weighted by molar-refractivity contribution is 7.13. The number of thiazole rings is 1. The molecule has 1 N–H and O–H groups in total. The molecule has 7 heteroatoms. The molecule has 172 valence electrons. The summed E-state index contributed by atoms with van der Waals surface area (Å²) in [6.45, 7) is 2.76. The maximum atomic E-state index is 13.4. The Hall–Kier alpha value is -3.19. The van der Waals surface area contributed by atoms with Gasteiger partial charge in [-0.2, -0.15) is 0 Å². The first-order chi connectivity index (χ1) is 16.1. The Balaban J connectivity index is 1.57. The molecule has 1 aliphatic heterocycles. The van der Waals surface area contributed by atoms with Crippen LogP contribution in [0, 0.1) is 5.92 Å². The van der Waals surface area contributed by atoms with Gasteiger partial charge in [-0.15, -0.1) is 11.3 Å². The third-order valence-corrected chi connectivity index (χ3v) is 6.91. The van der Waals surface area contributed by atoms with E-state index < -0.39 is 0 Å². The average Bonchev–Trinajstić information content (AvgIpc) is 3.38. The number of nitrogens with one attached hydrogen (secondary N) is 1. The molecule has 0 saturated carbocycles. The largest absolute Gasteiger partial charge is 0.497 e. The number of piperidine rings is 1. The smallest absolute Gasteiger partial charge is 0.229 e. The van der Waals surface area contributed by atoms with Crippen molar-refractivity contribution in [2.75, 3.05) is 19.0 Å². The summed E-state index contributed by atoms with van der Waals surface area (Å²) < 4.78 is 5.30. The molecule has 4 rings (SSSR count). The van der Waals surface area contributed by atoms with Crippen LogP contribution in [0.1, 0.15) is 44.2 Å². The predicted octanol–water partition coefficient (Wildman–Crippen LogP) is 5.54. The molecule has 1 aliphatic rings. The monoisotopic (exact) mass is 463 g/mol. The van der Waals surface area contributed by atoms with Crippen molar-refractivity contribution in [2.24, 2.45) is 5.92 Å². The van der Waals surface area contributed by atoms with Gasteiger partial charge in [-0.05, 0) is 54.8 Å². The van der Waals surface area contributed by atoms with Crippen molar-refractivity contribution in [3.05, 3.63) is 65.7 Å². The van der Waals surface area contributed by atoms with Crippen LogP contribution in [0.4, 0.5) is 5.69 Å². The number of carbonyl (C=O) groups is 2. The van der Waals surface area contributed by atoms with Gasteiger partial charge in [0.25, 0.3) is 0 Å². The van der Waals surface area contributed by atoms with E-state index in [1.165, 1.54) is 0 Å². The highest BCUT2D eigenvalue weighted by Gasteiger charge is 2.40. The SMILES string of the molecule is CCCCN1C(=O)CCC(C(=O)Nc2ccc(-c3nccs3)cc2)C1c1ccc(OC)cc1. The molecule has 0 aliphatic carbocycles. The number of hydrogen-bond donors (Lipinski definition) is 1. The number of likely N-dealkylation sites (tertiary alicyclic amines) is 1. The molecule has 0 bridgehead atoms. The number of ether oxygens (including phenoxy) is 1. The first-order valence-corrected chi connectivity index (χ1v) is 12.2. The van der Waals surface area contributed by atoms with E-state index in [1.54, 1.807) is 24.6 Å². The van der Waals surface area contributed by atoms with Gasteiger partial charge in [-0.25, -0.2) is 4.98 Å². The van der Waals surface area contributed by atoms with Crippen LogP contribution in [-0.4, -0.2) is 35.4 Å². The van der Waals surface area contributed by atoms with E-state index in [0.717, 1.165) is 40.4 Å². The maximum absolute atomic E-state index is 13.4. The number of methoxy groups -OCH3 is 1. The molecule has 33 heavy (non-hydrogen) atoms. The number of rotatable bonds is 8. The van der Waals surface area contributed by atoms with Gasteiger partial charge in [0.05, 0.1) is 19.1 Å². The van der Waals surface area contributed by atoms with Crippen LogP contribution in [0.15, 0.2) is 60.1 Å². The van der Waals surface area contributed by atoms with E-state index in [4.69, 9.17) is 4.74 Å². The lowest BCUT2D eigenvalue weighted by Crippen LogP contribution is -2.47. The summed E-state index contributed by atoms with van der Waals surface area (Å²) in [5.74, 6) is 0.474. The van der Waals surface area contributed by atoms with Crippen LogP contribution in [0.25, 0.3) is 10.6 Å². The van der Waals surface area contributed by atoms with E-state index in [1.807, 2.05) is 58.8 Å². The number of nitrogens with zero attached hydrogens (tertiary/aromatic N) is 2. The lowest BCUT2D eigenvalue weighted by molar-refractivity contribution is -0.142. The van der Waals surface area contributed by atoms with Crippen molar-refractivity contribution in [2.45, 2.75) is 38.6 Å². The molecule has 2 heterocycles. The van der Waals surface area contributed by atoms with Gasteiger partial charge >= 0.3 is 0 Å². The Kier molecular flexibility index (Phi) is 7.40. The fraction of sp³-hybridized carbons (Fsp3) is 0.346. The molecular weight excluding hydrogens is 434 g/mol. The zero-order valence-corrected chi connectivity index (χ0v) is 19.8. The number of benzene rings is 2. The Morgan fingerprint density at radius 3 is 2.58 bits per heavy atom. The topological polar surface area (TPSA) is 71.5 Å².